The van der Waals surface area contributed by atoms with Gasteiger partial charge in [-0.3, -0.25) is 4.79 Å². The minimum atomic E-state index is -0.544. The van der Waals surface area contributed by atoms with Gasteiger partial charge in [-0.25, -0.2) is 4.52 Å². The maximum absolute atomic E-state index is 11.6. The number of nitrogens with two attached hydrogens (primary N) is 1. The maximum Gasteiger partial charge on any atom is 0.252 e. The SMILES string of the molecule is CC(Nc1c(C(N)=O)cnn2cc(Br)cc12)C(O)C1CC1. The van der Waals surface area contributed by atoms with Gasteiger partial charge in [0, 0.05) is 16.7 Å². The first-order valence-corrected chi connectivity index (χ1v) is 7.68. The standard InChI is InChI=1S/C14H17BrN4O2/c1-7(13(20)8-2-3-8)18-12-10(14(16)21)5-17-19-6-9(15)4-11(12)19/h4-8,13,18,20H,2-3H2,1H3,(H2,16,21). The molecule has 1 amide bonds. The monoisotopic (exact) mass is 352 g/mol. The van der Waals surface area contributed by atoms with Gasteiger partial charge in [0.25, 0.3) is 5.91 Å². The van der Waals surface area contributed by atoms with Crippen LogP contribution < -0.4 is 11.1 Å². The number of aliphatic hydroxyl groups excluding tert-OH is 1. The lowest BCUT2D eigenvalue weighted by Gasteiger charge is -2.22. The molecule has 1 aliphatic carbocycles. The molecule has 7 heteroatoms. The molecule has 0 saturated heterocycles. The number of hydrogen-bond acceptors (Lipinski definition) is 4. The van der Waals surface area contributed by atoms with Crippen LogP contribution >= 0.6 is 15.9 Å². The van der Waals surface area contributed by atoms with Crippen LogP contribution in [-0.2, 0) is 0 Å². The normalized spacial score (nSPS) is 17.7. The van der Waals surface area contributed by atoms with Crippen molar-refractivity contribution < 1.29 is 9.90 Å². The maximum atomic E-state index is 11.6. The van der Waals surface area contributed by atoms with E-state index >= 15 is 0 Å². The summed E-state index contributed by atoms with van der Waals surface area (Å²) in [7, 11) is 0. The minimum absolute atomic E-state index is 0.171. The predicted molar refractivity (Wildman–Crippen MR) is 83.2 cm³/mol. The molecule has 0 spiro atoms. The number of halogens is 1. The first-order valence-electron chi connectivity index (χ1n) is 6.88. The van der Waals surface area contributed by atoms with Gasteiger partial charge in [0.1, 0.15) is 0 Å². The van der Waals surface area contributed by atoms with Gasteiger partial charge in [0.05, 0.1) is 29.1 Å². The predicted octanol–water partition coefficient (Wildman–Crippen LogP) is 1.77. The van der Waals surface area contributed by atoms with Gasteiger partial charge in [0.2, 0.25) is 0 Å². The number of aromatic nitrogens is 2. The number of fused-ring (bicyclic) bond motifs is 1. The molecule has 112 valence electrons. The van der Waals surface area contributed by atoms with Crippen molar-refractivity contribution >= 4 is 33.0 Å². The van der Waals surface area contributed by atoms with Crippen LogP contribution in [0.1, 0.15) is 30.1 Å². The van der Waals surface area contributed by atoms with E-state index in [2.05, 4.69) is 26.3 Å². The van der Waals surface area contributed by atoms with Gasteiger partial charge in [0.15, 0.2) is 0 Å². The largest absolute Gasteiger partial charge is 0.391 e. The number of hydrogen-bond donors (Lipinski definition) is 3. The quantitative estimate of drug-likeness (QED) is 0.764. The number of carbonyl (C=O) groups is 1. The van der Waals surface area contributed by atoms with Gasteiger partial charge in [-0.1, -0.05) is 0 Å². The summed E-state index contributed by atoms with van der Waals surface area (Å²) in [6.45, 7) is 1.91. The summed E-state index contributed by atoms with van der Waals surface area (Å²) in [5, 5.41) is 17.6. The molecule has 1 aliphatic rings. The van der Waals surface area contributed by atoms with E-state index in [0.717, 1.165) is 22.8 Å². The molecule has 2 aromatic rings. The molecule has 1 saturated carbocycles. The van der Waals surface area contributed by atoms with E-state index in [1.54, 1.807) is 10.7 Å². The number of nitrogens with zero attached hydrogens (tertiary/aromatic N) is 2. The summed E-state index contributed by atoms with van der Waals surface area (Å²) >= 11 is 3.39. The fraction of sp³-hybridized carbons (Fsp3) is 0.429. The first kappa shape index (κ1) is 14.3. The first-order chi connectivity index (χ1) is 9.97. The van der Waals surface area contributed by atoms with Crippen molar-refractivity contribution in [2.75, 3.05) is 5.32 Å². The van der Waals surface area contributed by atoms with Crippen molar-refractivity contribution in [3.63, 3.8) is 0 Å². The zero-order chi connectivity index (χ0) is 15.1. The Morgan fingerprint density at radius 2 is 2.33 bits per heavy atom. The second kappa shape index (κ2) is 5.31. The fourth-order valence-corrected chi connectivity index (χ4v) is 2.93. The summed E-state index contributed by atoms with van der Waals surface area (Å²) in [5.74, 6) is -0.196. The zero-order valence-corrected chi connectivity index (χ0v) is 13.2. The average molecular weight is 353 g/mol. The van der Waals surface area contributed by atoms with E-state index in [1.165, 1.54) is 6.20 Å². The molecule has 0 aromatic carbocycles. The van der Waals surface area contributed by atoms with Crippen molar-refractivity contribution in [2.45, 2.75) is 31.9 Å². The van der Waals surface area contributed by atoms with Crippen molar-refractivity contribution in [2.24, 2.45) is 11.7 Å². The van der Waals surface area contributed by atoms with E-state index in [4.69, 9.17) is 5.73 Å². The number of carbonyl (C=O) groups excluding carboxylic acids is 1. The topological polar surface area (TPSA) is 92.6 Å². The van der Waals surface area contributed by atoms with Gasteiger partial charge < -0.3 is 16.2 Å². The molecule has 2 heterocycles. The molecule has 2 atom stereocenters. The van der Waals surface area contributed by atoms with Crippen LogP contribution in [-0.4, -0.2) is 32.8 Å². The van der Waals surface area contributed by atoms with Crippen molar-refractivity contribution in [1.82, 2.24) is 9.61 Å². The third kappa shape index (κ3) is 2.75. The Bertz CT molecular complexity index is 696. The molecular formula is C14H17BrN4O2. The lowest BCUT2D eigenvalue weighted by Crippen LogP contribution is -2.33. The zero-order valence-electron chi connectivity index (χ0n) is 11.6. The summed E-state index contributed by atoms with van der Waals surface area (Å²) in [6.07, 6.45) is 4.92. The Morgan fingerprint density at radius 1 is 1.62 bits per heavy atom. The molecule has 0 radical (unpaired) electrons. The summed E-state index contributed by atoms with van der Waals surface area (Å²) in [5.41, 5.74) is 7.11. The molecule has 3 rings (SSSR count). The molecule has 2 unspecified atom stereocenters. The van der Waals surface area contributed by atoms with Crippen molar-refractivity contribution in [3.05, 3.63) is 28.5 Å². The molecular weight excluding hydrogens is 336 g/mol. The third-order valence-corrected chi connectivity index (χ3v) is 4.29. The van der Waals surface area contributed by atoms with Crippen LogP contribution in [0.15, 0.2) is 22.9 Å². The minimum Gasteiger partial charge on any atom is -0.391 e. The van der Waals surface area contributed by atoms with Gasteiger partial charge in [-0.15, -0.1) is 0 Å². The van der Waals surface area contributed by atoms with E-state index in [-0.39, 0.29) is 6.04 Å². The van der Waals surface area contributed by atoms with E-state index in [1.807, 2.05) is 13.0 Å². The molecule has 0 aliphatic heterocycles. The molecule has 2 aromatic heterocycles. The average Bonchev–Trinajstić information content (AvgIpc) is 3.19. The second-order valence-electron chi connectivity index (χ2n) is 5.55. The number of amides is 1. The van der Waals surface area contributed by atoms with E-state index in [0.29, 0.717) is 17.2 Å². The smallest absolute Gasteiger partial charge is 0.252 e. The molecule has 6 nitrogen and oxygen atoms in total. The van der Waals surface area contributed by atoms with Crippen LogP contribution in [0.5, 0.6) is 0 Å². The third-order valence-electron chi connectivity index (χ3n) is 3.86. The highest BCUT2D eigenvalue weighted by atomic mass is 79.9. The summed E-state index contributed by atoms with van der Waals surface area (Å²) < 4.78 is 2.52. The van der Waals surface area contributed by atoms with E-state index in [9.17, 15) is 9.90 Å². The Kier molecular flexibility index (Phi) is 3.62. The highest BCUT2D eigenvalue weighted by Gasteiger charge is 2.33. The molecule has 1 fully saturated rings. The fourth-order valence-electron chi connectivity index (χ4n) is 2.52. The van der Waals surface area contributed by atoms with Crippen LogP contribution in [0.3, 0.4) is 0 Å². The van der Waals surface area contributed by atoms with Crippen LogP contribution in [0.25, 0.3) is 5.52 Å². The lowest BCUT2D eigenvalue weighted by atomic mass is 10.1. The Morgan fingerprint density at radius 3 is 2.95 bits per heavy atom. The Hall–Kier alpha value is -1.60. The number of anilines is 1. The Labute approximate surface area is 130 Å². The number of primary amides is 1. The second-order valence-corrected chi connectivity index (χ2v) is 6.46. The summed E-state index contributed by atoms with van der Waals surface area (Å²) in [6, 6.07) is 1.69. The highest BCUT2D eigenvalue weighted by Crippen LogP contribution is 2.35. The summed E-state index contributed by atoms with van der Waals surface area (Å²) in [4.78, 5) is 11.6. The lowest BCUT2D eigenvalue weighted by molar-refractivity contribution is 0.1000. The molecule has 4 N–H and O–H groups in total. The number of aliphatic hydroxyl groups is 1. The number of nitrogens with one attached hydrogen (secondary N) is 1. The molecule has 0 bridgehead atoms. The van der Waals surface area contributed by atoms with Gasteiger partial charge >= 0.3 is 0 Å². The van der Waals surface area contributed by atoms with Gasteiger partial charge in [-0.2, -0.15) is 5.10 Å². The van der Waals surface area contributed by atoms with Crippen LogP contribution in [0, 0.1) is 5.92 Å². The van der Waals surface area contributed by atoms with Crippen molar-refractivity contribution in [3.8, 4) is 0 Å². The molecule has 21 heavy (non-hydrogen) atoms. The Balaban J connectivity index is 2.01. The van der Waals surface area contributed by atoms with E-state index < -0.39 is 12.0 Å². The van der Waals surface area contributed by atoms with Crippen LogP contribution in [0.2, 0.25) is 0 Å². The van der Waals surface area contributed by atoms with Gasteiger partial charge in [-0.05, 0) is 47.7 Å². The number of rotatable bonds is 5. The highest BCUT2D eigenvalue weighted by molar-refractivity contribution is 9.10. The van der Waals surface area contributed by atoms with Crippen LogP contribution in [0.4, 0.5) is 5.69 Å². The van der Waals surface area contributed by atoms with Crippen molar-refractivity contribution in [1.29, 1.82) is 0 Å².